The van der Waals surface area contributed by atoms with Gasteiger partial charge < -0.3 is 11.5 Å². The van der Waals surface area contributed by atoms with Crippen LogP contribution in [0, 0.1) is 13.8 Å². The Bertz CT molecular complexity index is 438. The van der Waals surface area contributed by atoms with Crippen LogP contribution < -0.4 is 11.5 Å². The van der Waals surface area contributed by atoms with Gasteiger partial charge in [-0.3, -0.25) is 4.98 Å². The van der Waals surface area contributed by atoms with Gasteiger partial charge in [-0.15, -0.1) is 0 Å². The van der Waals surface area contributed by atoms with Crippen LogP contribution in [0.4, 0.5) is 11.4 Å². The molecule has 16 heavy (non-hydrogen) atoms. The summed E-state index contributed by atoms with van der Waals surface area (Å²) in [5.74, 6) is 0. The maximum Gasteiger partial charge on any atom is 0.0364 e. The molecule has 2 aromatic rings. The van der Waals surface area contributed by atoms with Crippen LogP contribution in [-0.4, -0.2) is 4.98 Å². The highest BCUT2D eigenvalue weighted by Gasteiger charge is 1.90. The van der Waals surface area contributed by atoms with Crippen LogP contribution in [0.15, 0.2) is 42.7 Å². The number of pyridine rings is 1. The van der Waals surface area contributed by atoms with E-state index >= 15 is 0 Å². The molecule has 0 fully saturated rings. The third-order valence-electron chi connectivity index (χ3n) is 2.11. The number of benzene rings is 1. The van der Waals surface area contributed by atoms with Crippen LogP contribution in [0.5, 0.6) is 0 Å². The lowest BCUT2D eigenvalue weighted by molar-refractivity contribution is 1.27. The molecule has 0 aliphatic heterocycles. The number of nitrogen functional groups attached to an aromatic ring is 2. The van der Waals surface area contributed by atoms with Crippen molar-refractivity contribution in [3.63, 3.8) is 0 Å². The van der Waals surface area contributed by atoms with Crippen LogP contribution in [0.1, 0.15) is 11.1 Å². The lowest BCUT2D eigenvalue weighted by atomic mass is 10.2. The Hall–Kier alpha value is -2.03. The van der Waals surface area contributed by atoms with Crippen molar-refractivity contribution in [3.8, 4) is 0 Å². The molecule has 0 amide bonds. The minimum absolute atomic E-state index is 0.720. The number of aromatic nitrogens is 1. The molecule has 3 heteroatoms. The second kappa shape index (κ2) is 5.75. The summed E-state index contributed by atoms with van der Waals surface area (Å²) in [5.41, 5.74) is 14.8. The zero-order chi connectivity index (χ0) is 12.0. The van der Waals surface area contributed by atoms with Gasteiger partial charge in [-0.05, 0) is 43.2 Å². The van der Waals surface area contributed by atoms with E-state index in [2.05, 4.69) is 4.98 Å². The van der Waals surface area contributed by atoms with Gasteiger partial charge in [0, 0.05) is 23.8 Å². The Kier molecular flexibility index (Phi) is 4.33. The smallest absolute Gasteiger partial charge is 0.0364 e. The van der Waals surface area contributed by atoms with Gasteiger partial charge in [-0.25, -0.2) is 0 Å². The number of hydrogen-bond donors (Lipinski definition) is 2. The first-order valence-corrected chi connectivity index (χ1v) is 5.08. The molecule has 0 radical (unpaired) electrons. The van der Waals surface area contributed by atoms with E-state index in [1.54, 1.807) is 12.3 Å². The van der Waals surface area contributed by atoms with Crippen molar-refractivity contribution in [3.05, 3.63) is 53.9 Å². The highest BCUT2D eigenvalue weighted by atomic mass is 14.6. The highest BCUT2D eigenvalue weighted by Crippen LogP contribution is 2.13. The van der Waals surface area contributed by atoms with Gasteiger partial charge in [0.05, 0.1) is 0 Å². The van der Waals surface area contributed by atoms with Gasteiger partial charge in [0.25, 0.3) is 0 Å². The predicted octanol–water partition coefficient (Wildman–Crippen LogP) is 2.55. The number of anilines is 2. The molecule has 0 spiro atoms. The first-order chi connectivity index (χ1) is 7.59. The number of nitrogens with zero attached hydrogens (tertiary/aromatic N) is 1. The van der Waals surface area contributed by atoms with Crippen molar-refractivity contribution >= 4 is 11.4 Å². The molecule has 0 saturated carbocycles. The van der Waals surface area contributed by atoms with Crippen molar-refractivity contribution in [1.29, 1.82) is 0 Å². The zero-order valence-corrected chi connectivity index (χ0v) is 9.64. The quantitative estimate of drug-likeness (QED) is 0.664. The van der Waals surface area contributed by atoms with Crippen LogP contribution >= 0.6 is 0 Å². The zero-order valence-electron chi connectivity index (χ0n) is 9.64. The van der Waals surface area contributed by atoms with Gasteiger partial charge in [-0.2, -0.15) is 0 Å². The third-order valence-corrected chi connectivity index (χ3v) is 2.11. The number of aryl methyl sites for hydroxylation is 2. The van der Waals surface area contributed by atoms with Crippen LogP contribution in [0.25, 0.3) is 0 Å². The SMILES string of the molecule is Cc1ccc(N)cc1N.Cc1cccnc1. The van der Waals surface area contributed by atoms with E-state index in [4.69, 9.17) is 11.5 Å². The fourth-order valence-electron chi connectivity index (χ4n) is 1.11. The van der Waals surface area contributed by atoms with Gasteiger partial charge in [0.2, 0.25) is 0 Å². The molecule has 0 bridgehead atoms. The average molecular weight is 215 g/mol. The maximum absolute atomic E-state index is 5.54. The first kappa shape index (κ1) is 12.0. The van der Waals surface area contributed by atoms with Crippen LogP contribution in [0.3, 0.4) is 0 Å². The molecule has 2 rings (SSSR count). The standard InChI is InChI=1S/C7H10N2.C6H7N/c1-5-2-3-6(8)4-7(5)9;1-6-3-2-4-7-5-6/h2-4H,8-9H2,1H3;2-5H,1H3. The summed E-state index contributed by atoms with van der Waals surface area (Å²) in [6.45, 7) is 3.97. The maximum atomic E-state index is 5.54. The van der Waals surface area contributed by atoms with E-state index < -0.39 is 0 Å². The molecule has 84 valence electrons. The topological polar surface area (TPSA) is 64.9 Å². The minimum Gasteiger partial charge on any atom is -0.399 e. The second-order valence-electron chi connectivity index (χ2n) is 3.65. The largest absolute Gasteiger partial charge is 0.399 e. The van der Waals surface area contributed by atoms with Gasteiger partial charge in [-0.1, -0.05) is 12.1 Å². The van der Waals surface area contributed by atoms with E-state index in [-0.39, 0.29) is 0 Å². The molecule has 0 unspecified atom stereocenters. The Morgan fingerprint density at radius 1 is 1.06 bits per heavy atom. The monoisotopic (exact) mass is 215 g/mol. The van der Waals surface area contributed by atoms with Crippen molar-refractivity contribution in [2.45, 2.75) is 13.8 Å². The normalized spacial score (nSPS) is 9.12. The summed E-state index contributed by atoms with van der Waals surface area (Å²) in [4.78, 5) is 3.88. The summed E-state index contributed by atoms with van der Waals surface area (Å²) in [5, 5.41) is 0. The average Bonchev–Trinajstić information content (AvgIpc) is 2.26. The van der Waals surface area contributed by atoms with E-state index in [0.717, 1.165) is 16.9 Å². The Morgan fingerprint density at radius 2 is 1.81 bits per heavy atom. The summed E-state index contributed by atoms with van der Waals surface area (Å²) >= 11 is 0. The third kappa shape index (κ3) is 4.00. The molecule has 1 heterocycles. The second-order valence-corrected chi connectivity index (χ2v) is 3.65. The van der Waals surface area contributed by atoms with Gasteiger partial charge in [0.15, 0.2) is 0 Å². The summed E-state index contributed by atoms with van der Waals surface area (Å²) in [6, 6.07) is 9.45. The van der Waals surface area contributed by atoms with Crippen molar-refractivity contribution < 1.29 is 0 Å². The van der Waals surface area contributed by atoms with Crippen LogP contribution in [0.2, 0.25) is 0 Å². The Morgan fingerprint density at radius 3 is 2.19 bits per heavy atom. The van der Waals surface area contributed by atoms with Crippen LogP contribution in [-0.2, 0) is 0 Å². The Labute approximate surface area is 96.1 Å². The van der Waals surface area contributed by atoms with E-state index in [1.165, 1.54) is 5.56 Å². The number of hydrogen-bond acceptors (Lipinski definition) is 3. The number of nitrogens with two attached hydrogens (primary N) is 2. The van der Waals surface area contributed by atoms with E-state index in [1.807, 2.05) is 44.3 Å². The van der Waals surface area contributed by atoms with Crippen molar-refractivity contribution in [2.24, 2.45) is 0 Å². The highest BCUT2D eigenvalue weighted by molar-refractivity contribution is 5.55. The molecule has 0 saturated heterocycles. The van der Waals surface area contributed by atoms with E-state index in [9.17, 15) is 0 Å². The lowest BCUT2D eigenvalue weighted by Crippen LogP contribution is -1.91. The van der Waals surface area contributed by atoms with Crippen molar-refractivity contribution in [2.75, 3.05) is 11.5 Å². The summed E-state index contributed by atoms with van der Waals surface area (Å²) < 4.78 is 0. The fourth-order valence-corrected chi connectivity index (χ4v) is 1.11. The molecule has 0 atom stereocenters. The molecule has 1 aromatic heterocycles. The van der Waals surface area contributed by atoms with Crippen molar-refractivity contribution in [1.82, 2.24) is 4.98 Å². The Balaban J connectivity index is 0.000000165. The van der Waals surface area contributed by atoms with Gasteiger partial charge in [0.1, 0.15) is 0 Å². The predicted molar refractivity (Wildman–Crippen MR) is 69.0 cm³/mol. The molecular weight excluding hydrogens is 198 g/mol. The van der Waals surface area contributed by atoms with E-state index in [0.29, 0.717) is 0 Å². The molecule has 1 aromatic carbocycles. The lowest BCUT2D eigenvalue weighted by Gasteiger charge is -1.98. The van der Waals surface area contributed by atoms with Gasteiger partial charge >= 0.3 is 0 Å². The molecule has 3 nitrogen and oxygen atoms in total. The number of rotatable bonds is 0. The first-order valence-electron chi connectivity index (χ1n) is 5.08. The summed E-state index contributed by atoms with van der Waals surface area (Å²) in [6.07, 6.45) is 3.60. The fraction of sp³-hybridized carbons (Fsp3) is 0.154. The molecule has 0 aliphatic carbocycles. The minimum atomic E-state index is 0.720. The molecular formula is C13H17N3. The summed E-state index contributed by atoms with van der Waals surface area (Å²) in [7, 11) is 0. The molecule has 0 aliphatic rings. The molecule has 4 N–H and O–H groups in total.